The molecule has 0 radical (unpaired) electrons. The molecule has 0 heterocycles. The number of amides is 2. The number of hydrogen-bond donors (Lipinski definition) is 2. The van der Waals surface area contributed by atoms with Crippen molar-refractivity contribution in [2.24, 2.45) is 5.92 Å². The van der Waals surface area contributed by atoms with Crippen LogP contribution in [0.25, 0.3) is 11.1 Å². The molecule has 2 aromatic rings. The van der Waals surface area contributed by atoms with Crippen LogP contribution in [0.2, 0.25) is 0 Å². The number of hydrogen-bond acceptors (Lipinski definition) is 3. The van der Waals surface area contributed by atoms with Gasteiger partial charge < -0.3 is 4.74 Å². The molecule has 0 unspecified atom stereocenters. The summed E-state index contributed by atoms with van der Waals surface area (Å²) in [4.78, 5) is 23.3. The molecule has 0 aromatic heterocycles. The molecule has 24 heavy (non-hydrogen) atoms. The van der Waals surface area contributed by atoms with Crippen LogP contribution in [0, 0.1) is 5.92 Å². The van der Waals surface area contributed by atoms with Gasteiger partial charge in [0.05, 0.1) is 0 Å². The summed E-state index contributed by atoms with van der Waals surface area (Å²) < 4.78 is 5.60. The Morgan fingerprint density at radius 1 is 0.917 bits per heavy atom. The van der Waals surface area contributed by atoms with E-state index in [0.29, 0.717) is 12.2 Å². The maximum Gasteiger partial charge on any atom is 0.276 e. The van der Waals surface area contributed by atoms with Crippen LogP contribution in [0.15, 0.2) is 54.6 Å². The fourth-order valence-electron chi connectivity index (χ4n) is 2.19. The molecular formula is C19H22N2O3. The van der Waals surface area contributed by atoms with E-state index >= 15 is 0 Å². The number of para-hydroxylation sites is 1. The maximum atomic E-state index is 11.8. The average molecular weight is 326 g/mol. The molecule has 0 atom stereocenters. The zero-order valence-electron chi connectivity index (χ0n) is 13.9. The predicted octanol–water partition coefficient (Wildman–Crippen LogP) is 2.93. The van der Waals surface area contributed by atoms with Crippen molar-refractivity contribution in [3.05, 3.63) is 54.6 Å². The Hall–Kier alpha value is -2.82. The molecule has 0 bridgehead atoms. The van der Waals surface area contributed by atoms with E-state index in [4.69, 9.17) is 4.74 Å². The monoisotopic (exact) mass is 326 g/mol. The lowest BCUT2D eigenvalue weighted by Gasteiger charge is -2.12. The molecule has 0 saturated heterocycles. The Morgan fingerprint density at radius 2 is 1.54 bits per heavy atom. The Morgan fingerprint density at radius 3 is 2.25 bits per heavy atom. The van der Waals surface area contributed by atoms with E-state index in [9.17, 15) is 9.59 Å². The molecule has 5 nitrogen and oxygen atoms in total. The normalized spacial score (nSPS) is 10.3. The predicted molar refractivity (Wildman–Crippen MR) is 93.1 cm³/mol. The Balaban J connectivity index is 1.91. The van der Waals surface area contributed by atoms with Gasteiger partial charge in [-0.05, 0) is 17.5 Å². The van der Waals surface area contributed by atoms with Crippen LogP contribution in [0.5, 0.6) is 5.75 Å². The van der Waals surface area contributed by atoms with Crippen LogP contribution in [-0.2, 0) is 9.59 Å². The summed E-state index contributed by atoms with van der Waals surface area (Å²) in [5, 5.41) is 0. The zero-order valence-corrected chi connectivity index (χ0v) is 13.9. The topological polar surface area (TPSA) is 67.4 Å². The number of carbonyl (C=O) groups excluding carboxylic acids is 2. The highest BCUT2D eigenvalue weighted by molar-refractivity contribution is 5.83. The first-order valence-electron chi connectivity index (χ1n) is 7.91. The van der Waals surface area contributed by atoms with E-state index in [-0.39, 0.29) is 18.4 Å². The van der Waals surface area contributed by atoms with Crippen molar-refractivity contribution >= 4 is 11.8 Å². The quantitative estimate of drug-likeness (QED) is 0.802. The second-order valence-electron chi connectivity index (χ2n) is 5.85. The number of benzene rings is 2. The highest BCUT2D eigenvalue weighted by Crippen LogP contribution is 2.29. The van der Waals surface area contributed by atoms with Crippen molar-refractivity contribution in [2.75, 3.05) is 6.61 Å². The van der Waals surface area contributed by atoms with Gasteiger partial charge in [0.25, 0.3) is 5.91 Å². The van der Waals surface area contributed by atoms with Crippen LogP contribution in [0.4, 0.5) is 0 Å². The summed E-state index contributed by atoms with van der Waals surface area (Å²) in [6.45, 7) is 3.70. The second-order valence-corrected chi connectivity index (χ2v) is 5.85. The Kier molecular flexibility index (Phi) is 6.37. The largest absolute Gasteiger partial charge is 0.483 e. The van der Waals surface area contributed by atoms with Crippen molar-refractivity contribution in [1.82, 2.24) is 10.9 Å². The minimum absolute atomic E-state index is 0.175. The minimum atomic E-state index is -0.407. The summed E-state index contributed by atoms with van der Waals surface area (Å²) in [5.74, 6) is 0.223. The smallest absolute Gasteiger partial charge is 0.276 e. The lowest BCUT2D eigenvalue weighted by Crippen LogP contribution is -2.44. The van der Waals surface area contributed by atoms with Crippen LogP contribution < -0.4 is 15.6 Å². The fourth-order valence-corrected chi connectivity index (χ4v) is 2.19. The van der Waals surface area contributed by atoms with Gasteiger partial charge in [-0.15, -0.1) is 0 Å². The first-order chi connectivity index (χ1) is 11.6. The molecule has 2 aromatic carbocycles. The lowest BCUT2D eigenvalue weighted by molar-refractivity contribution is -0.130. The van der Waals surface area contributed by atoms with E-state index in [1.54, 1.807) is 0 Å². The standard InChI is InChI=1S/C19H22N2O3/c1-14(2)12-18(22)20-21-19(23)13-24-17-11-7-6-10-16(17)15-8-4-3-5-9-15/h3-11,14H,12-13H2,1-2H3,(H,20,22)(H,21,23). The van der Waals surface area contributed by atoms with Gasteiger partial charge in [0.1, 0.15) is 5.75 Å². The Bertz CT molecular complexity index is 684. The number of hydrazine groups is 1. The van der Waals surface area contributed by atoms with Gasteiger partial charge in [0.2, 0.25) is 5.91 Å². The highest BCUT2D eigenvalue weighted by atomic mass is 16.5. The molecule has 2 amide bonds. The lowest BCUT2D eigenvalue weighted by atomic mass is 10.1. The molecule has 0 aliphatic carbocycles. The SMILES string of the molecule is CC(C)CC(=O)NNC(=O)COc1ccccc1-c1ccccc1. The van der Waals surface area contributed by atoms with Crippen LogP contribution in [0.3, 0.4) is 0 Å². The number of rotatable bonds is 6. The molecular weight excluding hydrogens is 304 g/mol. The van der Waals surface area contributed by atoms with Gasteiger partial charge in [-0.1, -0.05) is 62.4 Å². The van der Waals surface area contributed by atoms with Crippen LogP contribution in [0.1, 0.15) is 20.3 Å². The zero-order chi connectivity index (χ0) is 17.4. The summed E-state index contributed by atoms with van der Waals surface area (Å²) in [5.41, 5.74) is 6.66. The third-order valence-corrected chi connectivity index (χ3v) is 3.27. The van der Waals surface area contributed by atoms with Crippen molar-refractivity contribution < 1.29 is 14.3 Å². The fraction of sp³-hybridized carbons (Fsp3) is 0.263. The summed E-state index contributed by atoms with van der Waals surface area (Å²) >= 11 is 0. The van der Waals surface area contributed by atoms with Gasteiger partial charge >= 0.3 is 0 Å². The van der Waals surface area contributed by atoms with Crippen molar-refractivity contribution in [3.8, 4) is 16.9 Å². The number of carbonyl (C=O) groups is 2. The van der Waals surface area contributed by atoms with Crippen LogP contribution >= 0.6 is 0 Å². The summed E-state index contributed by atoms with van der Waals surface area (Å²) in [7, 11) is 0. The van der Waals surface area contributed by atoms with Gasteiger partial charge in [-0.2, -0.15) is 0 Å². The van der Waals surface area contributed by atoms with E-state index in [2.05, 4.69) is 10.9 Å². The average Bonchev–Trinajstić information content (AvgIpc) is 2.58. The maximum absolute atomic E-state index is 11.8. The summed E-state index contributed by atoms with van der Waals surface area (Å²) in [6.07, 6.45) is 0.359. The highest BCUT2D eigenvalue weighted by Gasteiger charge is 2.09. The summed E-state index contributed by atoms with van der Waals surface area (Å²) in [6, 6.07) is 17.3. The first kappa shape index (κ1) is 17.5. The van der Waals surface area contributed by atoms with Gasteiger partial charge in [0, 0.05) is 12.0 Å². The van der Waals surface area contributed by atoms with Gasteiger partial charge in [0.15, 0.2) is 6.61 Å². The van der Waals surface area contributed by atoms with Crippen molar-refractivity contribution in [1.29, 1.82) is 0 Å². The van der Waals surface area contributed by atoms with E-state index in [0.717, 1.165) is 11.1 Å². The molecule has 5 heteroatoms. The first-order valence-corrected chi connectivity index (χ1v) is 7.91. The number of nitrogens with one attached hydrogen (secondary N) is 2. The molecule has 0 saturated carbocycles. The second kappa shape index (κ2) is 8.72. The number of ether oxygens (including phenoxy) is 1. The van der Waals surface area contributed by atoms with E-state index < -0.39 is 5.91 Å². The Labute approximate surface area is 142 Å². The molecule has 0 fully saturated rings. The molecule has 0 spiro atoms. The van der Waals surface area contributed by atoms with Gasteiger partial charge in [-0.3, -0.25) is 20.4 Å². The van der Waals surface area contributed by atoms with Gasteiger partial charge in [-0.25, -0.2) is 0 Å². The molecule has 0 aliphatic heterocycles. The molecule has 2 rings (SSSR count). The molecule has 0 aliphatic rings. The third kappa shape index (κ3) is 5.43. The van der Waals surface area contributed by atoms with E-state index in [1.165, 1.54) is 0 Å². The molecule has 2 N–H and O–H groups in total. The van der Waals surface area contributed by atoms with Crippen molar-refractivity contribution in [2.45, 2.75) is 20.3 Å². The van der Waals surface area contributed by atoms with Crippen molar-refractivity contribution in [3.63, 3.8) is 0 Å². The minimum Gasteiger partial charge on any atom is -0.483 e. The van der Waals surface area contributed by atoms with Crippen LogP contribution in [-0.4, -0.2) is 18.4 Å². The third-order valence-electron chi connectivity index (χ3n) is 3.27. The van der Waals surface area contributed by atoms with E-state index in [1.807, 2.05) is 68.4 Å². The molecule has 126 valence electrons.